The smallest absolute Gasteiger partial charge is 0.252 e. The molecular formula is C15H15Cl2N3O3S2. The molecule has 0 saturated carbocycles. The number of nitrogens with zero attached hydrogens (tertiary/aromatic N) is 2. The van der Waals surface area contributed by atoms with Gasteiger partial charge < -0.3 is 5.32 Å². The van der Waals surface area contributed by atoms with Gasteiger partial charge in [0, 0.05) is 19.3 Å². The van der Waals surface area contributed by atoms with Crippen LogP contribution in [0.25, 0.3) is 0 Å². The normalized spacial score (nSPS) is 18.9. The van der Waals surface area contributed by atoms with E-state index < -0.39 is 15.9 Å². The van der Waals surface area contributed by atoms with Crippen molar-refractivity contribution in [1.29, 1.82) is 0 Å². The average Bonchev–Trinajstić information content (AvgIpc) is 3.04. The number of sulfonamides is 1. The van der Waals surface area contributed by atoms with Gasteiger partial charge in [0.2, 0.25) is 5.91 Å². The summed E-state index contributed by atoms with van der Waals surface area (Å²) in [6, 6.07) is 6.27. The third kappa shape index (κ3) is 4.32. The van der Waals surface area contributed by atoms with Crippen molar-refractivity contribution in [1.82, 2.24) is 9.29 Å². The number of aromatic nitrogens is 1. The quantitative estimate of drug-likeness (QED) is 0.822. The minimum Gasteiger partial charge on any atom is -0.310 e. The molecule has 1 amide bonds. The summed E-state index contributed by atoms with van der Waals surface area (Å²) in [4.78, 5) is 16.5. The van der Waals surface area contributed by atoms with E-state index in [4.69, 9.17) is 23.2 Å². The summed E-state index contributed by atoms with van der Waals surface area (Å²) in [5.74, 6) is -0.296. The van der Waals surface area contributed by atoms with Gasteiger partial charge in [0.1, 0.15) is 10.0 Å². The minimum atomic E-state index is -3.63. The van der Waals surface area contributed by atoms with E-state index in [1.807, 2.05) is 0 Å². The monoisotopic (exact) mass is 419 g/mol. The highest BCUT2D eigenvalue weighted by molar-refractivity contribution is 7.91. The van der Waals surface area contributed by atoms with Gasteiger partial charge in [0.05, 0.1) is 15.3 Å². The van der Waals surface area contributed by atoms with Crippen LogP contribution < -0.4 is 5.32 Å². The number of nitrogens with one attached hydrogen (secondary N) is 1. The highest BCUT2D eigenvalue weighted by Crippen LogP contribution is 2.30. The zero-order chi connectivity index (χ0) is 18.0. The predicted octanol–water partition coefficient (Wildman–Crippen LogP) is 3.49. The Kier molecular flexibility index (Phi) is 5.65. The molecule has 1 unspecified atom stereocenters. The summed E-state index contributed by atoms with van der Waals surface area (Å²) >= 11 is 12.6. The van der Waals surface area contributed by atoms with Gasteiger partial charge in [-0.05, 0) is 37.1 Å². The molecule has 1 saturated heterocycles. The van der Waals surface area contributed by atoms with Crippen molar-refractivity contribution < 1.29 is 13.2 Å². The average molecular weight is 420 g/mol. The molecule has 25 heavy (non-hydrogen) atoms. The molecule has 3 heterocycles. The van der Waals surface area contributed by atoms with Crippen molar-refractivity contribution >= 4 is 56.3 Å². The van der Waals surface area contributed by atoms with Gasteiger partial charge in [-0.15, -0.1) is 11.3 Å². The Hall–Kier alpha value is -1.19. The number of hydrogen-bond donors (Lipinski definition) is 1. The number of halogens is 2. The molecule has 0 radical (unpaired) electrons. The highest BCUT2D eigenvalue weighted by Gasteiger charge is 2.34. The van der Waals surface area contributed by atoms with E-state index in [0.29, 0.717) is 34.6 Å². The molecule has 1 fully saturated rings. The van der Waals surface area contributed by atoms with E-state index in [9.17, 15) is 13.2 Å². The first-order valence-electron chi connectivity index (χ1n) is 7.54. The van der Waals surface area contributed by atoms with Gasteiger partial charge in [-0.3, -0.25) is 4.79 Å². The van der Waals surface area contributed by atoms with Gasteiger partial charge in [0.15, 0.2) is 0 Å². The Balaban J connectivity index is 1.70. The standard InChI is InChI=1S/C15H15Cl2N3O3S2/c16-11-3-5-13(18-8-11)19-15(21)10-2-1-7-20(9-10)25(22,23)14-6-4-12(17)24-14/h3-6,8,10H,1-2,7,9H2,(H,18,19,21). The fourth-order valence-electron chi connectivity index (χ4n) is 2.62. The first kappa shape index (κ1) is 18.6. The van der Waals surface area contributed by atoms with Crippen LogP contribution in [0, 0.1) is 5.92 Å². The van der Waals surface area contributed by atoms with Crippen LogP contribution in [-0.2, 0) is 14.8 Å². The van der Waals surface area contributed by atoms with Gasteiger partial charge >= 0.3 is 0 Å². The first-order valence-corrected chi connectivity index (χ1v) is 10.6. The lowest BCUT2D eigenvalue weighted by molar-refractivity contribution is -0.120. The predicted molar refractivity (Wildman–Crippen MR) is 98.7 cm³/mol. The van der Waals surface area contributed by atoms with Gasteiger partial charge in [-0.1, -0.05) is 23.2 Å². The second-order valence-electron chi connectivity index (χ2n) is 5.61. The topological polar surface area (TPSA) is 79.4 Å². The number of carbonyl (C=O) groups is 1. The molecule has 1 aliphatic heterocycles. The zero-order valence-electron chi connectivity index (χ0n) is 13.0. The summed E-state index contributed by atoms with van der Waals surface area (Å²) in [6.07, 6.45) is 2.68. The van der Waals surface area contributed by atoms with Crippen molar-refractivity contribution in [2.45, 2.75) is 17.1 Å². The Morgan fingerprint density at radius 2 is 2.08 bits per heavy atom. The van der Waals surface area contributed by atoms with Crippen molar-refractivity contribution in [2.24, 2.45) is 5.92 Å². The van der Waals surface area contributed by atoms with Crippen LogP contribution in [0.5, 0.6) is 0 Å². The summed E-state index contributed by atoms with van der Waals surface area (Å²) < 4.78 is 27.3. The van der Waals surface area contributed by atoms with E-state index in [0.717, 1.165) is 11.3 Å². The fourth-order valence-corrected chi connectivity index (χ4v) is 5.89. The molecule has 6 nitrogen and oxygen atoms in total. The lowest BCUT2D eigenvalue weighted by atomic mass is 9.99. The molecule has 3 rings (SSSR count). The number of piperidine rings is 1. The van der Waals surface area contributed by atoms with E-state index >= 15 is 0 Å². The van der Waals surface area contributed by atoms with E-state index in [-0.39, 0.29) is 16.7 Å². The summed E-state index contributed by atoms with van der Waals surface area (Å²) in [6.45, 7) is 0.526. The second-order valence-corrected chi connectivity index (χ2v) is 9.93. The molecule has 1 atom stereocenters. The molecule has 2 aromatic heterocycles. The molecule has 134 valence electrons. The Bertz CT molecular complexity index is 868. The maximum absolute atomic E-state index is 12.7. The number of rotatable bonds is 4. The Morgan fingerprint density at radius 3 is 2.72 bits per heavy atom. The van der Waals surface area contributed by atoms with Crippen LogP contribution in [0.15, 0.2) is 34.7 Å². The molecular weight excluding hydrogens is 405 g/mol. The number of hydrogen-bond acceptors (Lipinski definition) is 5. The number of amides is 1. The maximum Gasteiger partial charge on any atom is 0.252 e. The number of carbonyl (C=O) groups excluding carboxylic acids is 1. The molecule has 1 N–H and O–H groups in total. The van der Waals surface area contributed by atoms with Crippen molar-refractivity contribution in [2.75, 3.05) is 18.4 Å². The van der Waals surface area contributed by atoms with E-state index in [2.05, 4.69) is 10.3 Å². The fraction of sp³-hybridized carbons (Fsp3) is 0.333. The summed E-state index contributed by atoms with van der Waals surface area (Å²) in [7, 11) is -3.63. The highest BCUT2D eigenvalue weighted by atomic mass is 35.5. The lowest BCUT2D eigenvalue weighted by Crippen LogP contribution is -2.43. The molecule has 10 heteroatoms. The van der Waals surface area contributed by atoms with Crippen molar-refractivity contribution in [3.8, 4) is 0 Å². The number of thiophene rings is 1. The van der Waals surface area contributed by atoms with Gasteiger partial charge in [0.25, 0.3) is 10.0 Å². The Labute approximate surface area is 159 Å². The molecule has 0 spiro atoms. The van der Waals surface area contributed by atoms with E-state index in [1.54, 1.807) is 18.2 Å². The number of anilines is 1. The first-order chi connectivity index (χ1) is 11.9. The number of pyridine rings is 1. The molecule has 1 aliphatic rings. The maximum atomic E-state index is 12.7. The molecule has 0 bridgehead atoms. The minimum absolute atomic E-state index is 0.136. The Morgan fingerprint density at radius 1 is 1.28 bits per heavy atom. The lowest BCUT2D eigenvalue weighted by Gasteiger charge is -2.30. The molecule has 2 aromatic rings. The van der Waals surface area contributed by atoms with Crippen molar-refractivity contribution in [3.05, 3.63) is 39.8 Å². The summed E-state index contributed by atoms with van der Waals surface area (Å²) in [5, 5.41) is 3.18. The second kappa shape index (κ2) is 7.59. The third-order valence-electron chi connectivity index (χ3n) is 3.88. The zero-order valence-corrected chi connectivity index (χ0v) is 16.1. The van der Waals surface area contributed by atoms with Crippen LogP contribution in [-0.4, -0.2) is 36.7 Å². The van der Waals surface area contributed by atoms with Crippen molar-refractivity contribution in [3.63, 3.8) is 0 Å². The van der Waals surface area contributed by atoms with Crippen LogP contribution in [0.3, 0.4) is 0 Å². The van der Waals surface area contributed by atoms with E-state index in [1.165, 1.54) is 16.6 Å². The van der Waals surface area contributed by atoms with Crippen LogP contribution in [0.1, 0.15) is 12.8 Å². The summed E-state index contributed by atoms with van der Waals surface area (Å²) in [5.41, 5.74) is 0. The third-order valence-corrected chi connectivity index (χ3v) is 7.66. The van der Waals surface area contributed by atoms with Crippen LogP contribution in [0.4, 0.5) is 5.82 Å². The molecule has 0 aliphatic carbocycles. The molecule has 0 aromatic carbocycles. The van der Waals surface area contributed by atoms with Gasteiger partial charge in [-0.2, -0.15) is 4.31 Å². The SMILES string of the molecule is O=C(Nc1ccc(Cl)cn1)C1CCCN(S(=O)(=O)c2ccc(Cl)s2)C1. The largest absolute Gasteiger partial charge is 0.310 e. The van der Waals surface area contributed by atoms with Gasteiger partial charge in [-0.25, -0.2) is 13.4 Å². The van der Waals surface area contributed by atoms with Crippen LogP contribution >= 0.6 is 34.5 Å². The van der Waals surface area contributed by atoms with Crippen LogP contribution in [0.2, 0.25) is 9.36 Å².